The molecular formula is C13H16O2S. The van der Waals surface area contributed by atoms with Gasteiger partial charge in [0.2, 0.25) is 0 Å². The maximum absolute atomic E-state index is 10.4. The highest BCUT2D eigenvalue weighted by molar-refractivity contribution is 7.12. The van der Waals surface area contributed by atoms with E-state index in [9.17, 15) is 5.11 Å². The molecule has 0 saturated carbocycles. The Morgan fingerprint density at radius 3 is 2.62 bits per heavy atom. The lowest BCUT2D eigenvalue weighted by molar-refractivity contribution is 0.0578. The van der Waals surface area contributed by atoms with Gasteiger partial charge < -0.3 is 9.52 Å². The van der Waals surface area contributed by atoms with Gasteiger partial charge in [0.15, 0.2) is 0 Å². The fourth-order valence-corrected chi connectivity index (χ4v) is 2.83. The molecule has 0 aliphatic heterocycles. The number of furan rings is 1. The first-order chi connectivity index (χ1) is 7.62. The summed E-state index contributed by atoms with van der Waals surface area (Å²) >= 11 is 1.77. The van der Waals surface area contributed by atoms with Crippen LogP contribution in [-0.2, 0) is 18.4 Å². The minimum Gasteiger partial charge on any atom is -0.472 e. The SMILES string of the molecule is CCc1ccc(CC(C)(O)c2ccoc2)s1. The van der Waals surface area contributed by atoms with Crippen molar-refractivity contribution in [2.75, 3.05) is 0 Å². The third-order valence-electron chi connectivity index (χ3n) is 2.73. The smallest absolute Gasteiger partial charge is 0.0963 e. The molecule has 2 rings (SSSR count). The van der Waals surface area contributed by atoms with Crippen LogP contribution in [0.2, 0.25) is 0 Å². The molecule has 1 N–H and O–H groups in total. The maximum Gasteiger partial charge on any atom is 0.0963 e. The summed E-state index contributed by atoms with van der Waals surface area (Å²) < 4.78 is 5.01. The molecule has 2 heterocycles. The largest absolute Gasteiger partial charge is 0.472 e. The van der Waals surface area contributed by atoms with Crippen LogP contribution in [0.15, 0.2) is 35.1 Å². The van der Waals surface area contributed by atoms with E-state index in [2.05, 4.69) is 19.1 Å². The second kappa shape index (κ2) is 4.44. The molecule has 0 amide bonds. The van der Waals surface area contributed by atoms with Crippen molar-refractivity contribution in [3.8, 4) is 0 Å². The molecule has 2 aromatic rings. The molecule has 0 aliphatic carbocycles. The molecule has 16 heavy (non-hydrogen) atoms. The van der Waals surface area contributed by atoms with Crippen molar-refractivity contribution < 1.29 is 9.52 Å². The van der Waals surface area contributed by atoms with Crippen molar-refractivity contribution in [1.82, 2.24) is 0 Å². The predicted octanol–water partition coefficient (Wildman–Crippen LogP) is 3.35. The Hall–Kier alpha value is -1.06. The standard InChI is InChI=1S/C13H16O2S/c1-3-11-4-5-12(16-11)8-13(2,14)10-6-7-15-9-10/h4-7,9,14H,3,8H2,1-2H3. The van der Waals surface area contributed by atoms with Gasteiger partial charge in [-0.1, -0.05) is 6.92 Å². The van der Waals surface area contributed by atoms with E-state index in [0.29, 0.717) is 6.42 Å². The van der Waals surface area contributed by atoms with Crippen LogP contribution in [0.25, 0.3) is 0 Å². The first-order valence-electron chi connectivity index (χ1n) is 5.44. The van der Waals surface area contributed by atoms with Crippen LogP contribution < -0.4 is 0 Å². The summed E-state index contributed by atoms with van der Waals surface area (Å²) in [6.45, 7) is 3.97. The summed E-state index contributed by atoms with van der Waals surface area (Å²) in [5, 5.41) is 10.4. The first kappa shape index (κ1) is 11.4. The highest BCUT2D eigenvalue weighted by Crippen LogP contribution is 2.29. The van der Waals surface area contributed by atoms with E-state index >= 15 is 0 Å². The number of rotatable bonds is 4. The molecule has 0 bridgehead atoms. The molecule has 0 aromatic carbocycles. The van der Waals surface area contributed by atoms with E-state index in [1.165, 1.54) is 9.75 Å². The first-order valence-corrected chi connectivity index (χ1v) is 6.26. The van der Waals surface area contributed by atoms with E-state index in [4.69, 9.17) is 4.42 Å². The van der Waals surface area contributed by atoms with Gasteiger partial charge >= 0.3 is 0 Å². The Morgan fingerprint density at radius 2 is 2.06 bits per heavy atom. The minimum absolute atomic E-state index is 0.636. The van der Waals surface area contributed by atoms with Gasteiger partial charge in [-0.15, -0.1) is 11.3 Å². The molecule has 1 atom stereocenters. The van der Waals surface area contributed by atoms with Gasteiger partial charge in [-0.25, -0.2) is 0 Å². The average molecular weight is 236 g/mol. The van der Waals surface area contributed by atoms with Gasteiger partial charge in [-0.3, -0.25) is 0 Å². The van der Waals surface area contributed by atoms with Crippen molar-refractivity contribution >= 4 is 11.3 Å². The molecule has 0 saturated heterocycles. The summed E-state index contributed by atoms with van der Waals surface area (Å²) in [4.78, 5) is 2.57. The fourth-order valence-electron chi connectivity index (χ4n) is 1.72. The number of aliphatic hydroxyl groups is 1. The Balaban J connectivity index is 2.14. The Labute approximate surface area is 99.5 Å². The summed E-state index contributed by atoms with van der Waals surface area (Å²) in [6.07, 6.45) is 4.89. The highest BCUT2D eigenvalue weighted by Gasteiger charge is 2.25. The van der Waals surface area contributed by atoms with Gasteiger partial charge in [-0.05, 0) is 31.5 Å². The van der Waals surface area contributed by atoms with Crippen LogP contribution in [0.3, 0.4) is 0 Å². The van der Waals surface area contributed by atoms with Crippen molar-refractivity contribution in [1.29, 1.82) is 0 Å². The summed E-state index contributed by atoms with van der Waals surface area (Å²) in [6, 6.07) is 6.04. The molecule has 86 valence electrons. The van der Waals surface area contributed by atoms with Gasteiger partial charge in [-0.2, -0.15) is 0 Å². The third kappa shape index (κ3) is 2.36. The molecular weight excluding hydrogens is 220 g/mol. The van der Waals surface area contributed by atoms with Crippen LogP contribution >= 0.6 is 11.3 Å². The quantitative estimate of drug-likeness (QED) is 0.883. The summed E-state index contributed by atoms with van der Waals surface area (Å²) in [7, 11) is 0. The van der Waals surface area contributed by atoms with Gasteiger partial charge in [0, 0.05) is 21.7 Å². The second-order valence-corrected chi connectivity index (χ2v) is 5.44. The van der Waals surface area contributed by atoms with Crippen molar-refractivity contribution in [3.05, 3.63) is 46.0 Å². The van der Waals surface area contributed by atoms with Crippen molar-refractivity contribution in [3.63, 3.8) is 0 Å². The minimum atomic E-state index is -0.844. The van der Waals surface area contributed by atoms with Crippen molar-refractivity contribution in [2.24, 2.45) is 0 Å². The van der Waals surface area contributed by atoms with Gasteiger partial charge in [0.05, 0.1) is 18.1 Å². The summed E-state index contributed by atoms with van der Waals surface area (Å²) in [5.41, 5.74) is -0.0120. The Kier molecular flexibility index (Phi) is 3.17. The second-order valence-electron chi connectivity index (χ2n) is 4.18. The topological polar surface area (TPSA) is 33.4 Å². The van der Waals surface area contributed by atoms with Crippen LogP contribution in [0.4, 0.5) is 0 Å². The van der Waals surface area contributed by atoms with Gasteiger partial charge in [0.25, 0.3) is 0 Å². The Bertz CT molecular complexity index is 440. The molecule has 3 heteroatoms. The van der Waals surface area contributed by atoms with E-state index in [1.54, 1.807) is 23.9 Å². The normalized spacial score (nSPS) is 14.9. The molecule has 1 unspecified atom stereocenters. The molecule has 0 aliphatic rings. The molecule has 2 aromatic heterocycles. The lowest BCUT2D eigenvalue weighted by atomic mass is 9.94. The van der Waals surface area contributed by atoms with E-state index in [1.807, 2.05) is 13.0 Å². The van der Waals surface area contributed by atoms with Crippen LogP contribution in [0, 0.1) is 0 Å². The number of hydrogen-bond acceptors (Lipinski definition) is 3. The molecule has 0 fully saturated rings. The summed E-state index contributed by atoms with van der Waals surface area (Å²) in [5.74, 6) is 0. The molecule has 0 spiro atoms. The zero-order chi connectivity index (χ0) is 11.6. The maximum atomic E-state index is 10.4. The van der Waals surface area contributed by atoms with E-state index in [0.717, 1.165) is 12.0 Å². The van der Waals surface area contributed by atoms with Crippen molar-refractivity contribution in [2.45, 2.75) is 32.3 Å². The van der Waals surface area contributed by atoms with Crippen LogP contribution in [0.1, 0.15) is 29.2 Å². The average Bonchev–Trinajstić information content (AvgIpc) is 2.86. The third-order valence-corrected chi connectivity index (χ3v) is 3.96. The lowest BCUT2D eigenvalue weighted by Crippen LogP contribution is -2.22. The zero-order valence-corrected chi connectivity index (χ0v) is 10.4. The monoisotopic (exact) mass is 236 g/mol. The number of thiophene rings is 1. The van der Waals surface area contributed by atoms with Crippen LogP contribution in [0.5, 0.6) is 0 Å². The Morgan fingerprint density at radius 1 is 1.31 bits per heavy atom. The number of hydrogen-bond donors (Lipinski definition) is 1. The fraction of sp³-hybridized carbons (Fsp3) is 0.385. The predicted molar refractivity (Wildman–Crippen MR) is 65.7 cm³/mol. The molecule has 0 radical (unpaired) electrons. The lowest BCUT2D eigenvalue weighted by Gasteiger charge is -2.20. The van der Waals surface area contributed by atoms with Crippen LogP contribution in [-0.4, -0.2) is 5.11 Å². The zero-order valence-electron chi connectivity index (χ0n) is 9.56. The van der Waals surface area contributed by atoms with Gasteiger partial charge in [0.1, 0.15) is 0 Å². The van der Waals surface area contributed by atoms with E-state index in [-0.39, 0.29) is 0 Å². The molecule has 2 nitrogen and oxygen atoms in total. The number of aryl methyl sites for hydroxylation is 1. The highest BCUT2D eigenvalue weighted by atomic mass is 32.1. The van der Waals surface area contributed by atoms with E-state index < -0.39 is 5.60 Å².